The van der Waals surface area contributed by atoms with Crippen molar-refractivity contribution in [3.63, 3.8) is 0 Å². The summed E-state index contributed by atoms with van der Waals surface area (Å²) in [5.74, 6) is 0. The van der Waals surface area contributed by atoms with E-state index < -0.39 is 10.8 Å². The zero-order chi connectivity index (χ0) is 12.7. The number of hydrogen-bond donors (Lipinski definition) is 1. The minimum atomic E-state index is -0.924. The van der Waals surface area contributed by atoms with Crippen LogP contribution in [0.25, 0.3) is 0 Å². The Kier molecular flexibility index (Phi) is 6.45. The van der Waals surface area contributed by atoms with Crippen molar-refractivity contribution >= 4 is 10.8 Å². The maximum absolute atomic E-state index is 12.4. The van der Waals surface area contributed by atoms with Gasteiger partial charge in [-0.05, 0) is 38.4 Å². The van der Waals surface area contributed by atoms with Crippen molar-refractivity contribution in [1.29, 1.82) is 0 Å². The van der Waals surface area contributed by atoms with Crippen LogP contribution in [0.15, 0.2) is 35.2 Å². The molecule has 17 heavy (non-hydrogen) atoms. The van der Waals surface area contributed by atoms with Crippen molar-refractivity contribution < 1.29 is 4.21 Å². The van der Waals surface area contributed by atoms with Crippen molar-refractivity contribution in [3.8, 4) is 0 Å². The highest BCUT2D eigenvalue weighted by molar-refractivity contribution is 7.85. The fourth-order valence-corrected chi connectivity index (χ4v) is 3.33. The van der Waals surface area contributed by atoms with Crippen LogP contribution in [0.5, 0.6) is 0 Å². The molecule has 0 bridgehead atoms. The summed E-state index contributed by atoms with van der Waals surface area (Å²) in [6.45, 7) is 7.36. The van der Waals surface area contributed by atoms with Crippen molar-refractivity contribution in [2.75, 3.05) is 6.54 Å². The molecule has 0 saturated carbocycles. The topological polar surface area (TPSA) is 29.1 Å². The van der Waals surface area contributed by atoms with Gasteiger partial charge in [0, 0.05) is 10.9 Å². The number of nitrogens with one attached hydrogen (secondary N) is 1. The molecule has 0 amide bonds. The second kappa shape index (κ2) is 7.62. The van der Waals surface area contributed by atoms with Gasteiger partial charge in [-0.3, -0.25) is 4.21 Å². The van der Waals surface area contributed by atoms with E-state index in [1.807, 2.05) is 30.3 Å². The molecule has 0 spiro atoms. The molecule has 0 fully saturated rings. The molecule has 3 unspecified atom stereocenters. The minimum absolute atomic E-state index is 0.147. The molecule has 1 aromatic rings. The lowest BCUT2D eigenvalue weighted by Gasteiger charge is -2.23. The lowest BCUT2D eigenvalue weighted by atomic mass is 10.1. The van der Waals surface area contributed by atoms with Gasteiger partial charge in [0.1, 0.15) is 0 Å². The third kappa shape index (κ3) is 4.25. The lowest BCUT2D eigenvalue weighted by Crippen LogP contribution is -2.40. The minimum Gasteiger partial charge on any atom is -0.313 e. The summed E-state index contributed by atoms with van der Waals surface area (Å²) in [5, 5.41) is 3.62. The predicted octanol–water partition coefficient (Wildman–Crippen LogP) is 2.96. The molecular formula is C14H23NOS. The van der Waals surface area contributed by atoms with Crippen molar-refractivity contribution in [3.05, 3.63) is 30.3 Å². The molecule has 0 radical (unpaired) electrons. The van der Waals surface area contributed by atoms with E-state index in [4.69, 9.17) is 0 Å². The summed E-state index contributed by atoms with van der Waals surface area (Å²) in [4.78, 5) is 0.928. The van der Waals surface area contributed by atoms with Crippen LogP contribution in [-0.2, 0) is 10.8 Å². The fourth-order valence-electron chi connectivity index (χ4n) is 1.89. The molecule has 0 aliphatic heterocycles. The number of benzene rings is 1. The molecule has 0 saturated heterocycles. The number of rotatable bonds is 7. The molecule has 96 valence electrons. The Bertz CT molecular complexity index is 339. The van der Waals surface area contributed by atoms with E-state index in [1.165, 1.54) is 0 Å². The first-order valence-corrected chi connectivity index (χ1v) is 7.61. The molecule has 1 aromatic carbocycles. The predicted molar refractivity (Wildman–Crippen MR) is 74.7 cm³/mol. The molecule has 2 nitrogen and oxygen atoms in total. The van der Waals surface area contributed by atoms with Gasteiger partial charge >= 0.3 is 0 Å². The average molecular weight is 253 g/mol. The summed E-state index contributed by atoms with van der Waals surface area (Å²) in [6.07, 6.45) is 2.13. The largest absolute Gasteiger partial charge is 0.313 e. The van der Waals surface area contributed by atoms with E-state index >= 15 is 0 Å². The third-order valence-electron chi connectivity index (χ3n) is 2.98. The smallest absolute Gasteiger partial charge is 0.0573 e. The van der Waals surface area contributed by atoms with Crippen LogP contribution in [0.3, 0.4) is 0 Å². The lowest BCUT2D eigenvalue weighted by molar-refractivity contribution is 0.486. The zero-order valence-corrected chi connectivity index (χ0v) is 11.8. The standard InChI is InChI=1S/C14H23NOS/c1-4-11-15-14(5-2)12(3)17(16)13-9-7-6-8-10-13/h6-10,12,14-15H,4-5,11H2,1-3H3. The van der Waals surface area contributed by atoms with Gasteiger partial charge in [0.2, 0.25) is 0 Å². The molecule has 0 heterocycles. The van der Waals surface area contributed by atoms with E-state index in [-0.39, 0.29) is 5.25 Å². The van der Waals surface area contributed by atoms with Gasteiger partial charge in [0.25, 0.3) is 0 Å². The van der Waals surface area contributed by atoms with E-state index in [0.29, 0.717) is 6.04 Å². The third-order valence-corrected chi connectivity index (χ3v) is 4.72. The summed E-state index contributed by atoms with van der Waals surface area (Å²) in [5.41, 5.74) is 0. The van der Waals surface area contributed by atoms with Crippen molar-refractivity contribution in [2.24, 2.45) is 0 Å². The highest BCUT2D eigenvalue weighted by Crippen LogP contribution is 2.15. The Morgan fingerprint density at radius 3 is 2.41 bits per heavy atom. The summed E-state index contributed by atoms with van der Waals surface area (Å²) >= 11 is 0. The van der Waals surface area contributed by atoms with E-state index in [1.54, 1.807) is 0 Å². The van der Waals surface area contributed by atoms with E-state index in [0.717, 1.165) is 24.3 Å². The SMILES string of the molecule is CCCNC(CC)C(C)S(=O)c1ccccc1. The average Bonchev–Trinajstić information content (AvgIpc) is 2.39. The maximum Gasteiger partial charge on any atom is 0.0573 e. The molecular weight excluding hydrogens is 230 g/mol. The van der Waals surface area contributed by atoms with Crippen LogP contribution in [0.1, 0.15) is 33.6 Å². The molecule has 0 aromatic heterocycles. The molecule has 3 heteroatoms. The summed E-state index contributed by atoms with van der Waals surface area (Å²) in [6, 6.07) is 10.1. The molecule has 1 N–H and O–H groups in total. The monoisotopic (exact) mass is 253 g/mol. The summed E-state index contributed by atoms with van der Waals surface area (Å²) < 4.78 is 12.4. The van der Waals surface area contributed by atoms with Crippen LogP contribution in [0.2, 0.25) is 0 Å². The Hall–Kier alpha value is -0.670. The maximum atomic E-state index is 12.4. The van der Waals surface area contributed by atoms with E-state index in [9.17, 15) is 4.21 Å². The van der Waals surface area contributed by atoms with Gasteiger partial charge in [0.05, 0.1) is 16.0 Å². The van der Waals surface area contributed by atoms with Crippen molar-refractivity contribution in [2.45, 2.75) is 49.8 Å². The van der Waals surface area contributed by atoms with Crippen LogP contribution in [-0.4, -0.2) is 22.0 Å². The second-order valence-corrected chi connectivity index (χ2v) is 6.09. The van der Waals surface area contributed by atoms with Gasteiger partial charge in [-0.1, -0.05) is 32.0 Å². The Labute approximate surface area is 107 Å². The van der Waals surface area contributed by atoms with Gasteiger partial charge < -0.3 is 5.32 Å². The van der Waals surface area contributed by atoms with Crippen LogP contribution in [0.4, 0.5) is 0 Å². The van der Waals surface area contributed by atoms with Crippen LogP contribution in [0, 0.1) is 0 Å². The molecule has 1 rings (SSSR count). The van der Waals surface area contributed by atoms with Gasteiger partial charge in [-0.25, -0.2) is 0 Å². The fraction of sp³-hybridized carbons (Fsp3) is 0.571. The van der Waals surface area contributed by atoms with Crippen LogP contribution < -0.4 is 5.32 Å². The van der Waals surface area contributed by atoms with Crippen LogP contribution >= 0.6 is 0 Å². The Morgan fingerprint density at radius 2 is 1.88 bits per heavy atom. The quantitative estimate of drug-likeness (QED) is 0.809. The van der Waals surface area contributed by atoms with Gasteiger partial charge in [0.15, 0.2) is 0 Å². The normalized spacial score (nSPS) is 16.4. The van der Waals surface area contributed by atoms with Crippen molar-refractivity contribution in [1.82, 2.24) is 5.32 Å². The second-order valence-electron chi connectivity index (χ2n) is 4.28. The molecule has 3 atom stereocenters. The van der Waals surface area contributed by atoms with E-state index in [2.05, 4.69) is 26.1 Å². The van der Waals surface area contributed by atoms with Gasteiger partial charge in [-0.2, -0.15) is 0 Å². The first kappa shape index (κ1) is 14.4. The molecule has 0 aliphatic carbocycles. The highest BCUT2D eigenvalue weighted by Gasteiger charge is 2.21. The highest BCUT2D eigenvalue weighted by atomic mass is 32.2. The molecule has 0 aliphatic rings. The Balaban J connectivity index is 2.67. The number of hydrogen-bond acceptors (Lipinski definition) is 2. The first-order valence-electron chi connectivity index (χ1n) is 6.39. The van der Waals surface area contributed by atoms with Gasteiger partial charge in [-0.15, -0.1) is 0 Å². The first-order chi connectivity index (χ1) is 8.20. The summed E-state index contributed by atoms with van der Waals surface area (Å²) in [7, 11) is -0.924. The zero-order valence-electron chi connectivity index (χ0n) is 11.0. The Morgan fingerprint density at radius 1 is 1.24 bits per heavy atom.